The lowest BCUT2D eigenvalue weighted by molar-refractivity contribution is 0.110. The van der Waals surface area contributed by atoms with E-state index in [4.69, 9.17) is 5.73 Å². The Morgan fingerprint density at radius 1 is 1.00 bits per heavy atom. The zero-order chi connectivity index (χ0) is 17.1. The van der Waals surface area contributed by atoms with Crippen LogP contribution < -0.4 is 11.1 Å². The van der Waals surface area contributed by atoms with Gasteiger partial charge in [0.1, 0.15) is 12.1 Å². The standard InChI is InChI=1S/C20H33N5.2ClH/c21-17-10-16(11-17)19-12-20(24-14-23-19)22-13-15-6-8-25(9-7-15)18-4-2-1-3-5-18;;/h12,14-18H,1-11,13,21H2,(H,22,23,24);2*1H. The molecule has 2 saturated carbocycles. The van der Waals surface area contributed by atoms with Crippen molar-refractivity contribution in [1.82, 2.24) is 14.9 Å². The molecular formula is C20H35Cl2N5. The van der Waals surface area contributed by atoms with Gasteiger partial charge in [0, 0.05) is 36.3 Å². The van der Waals surface area contributed by atoms with Crippen LogP contribution in [0, 0.1) is 5.92 Å². The molecule has 3 aliphatic rings. The van der Waals surface area contributed by atoms with Crippen LogP contribution in [0.1, 0.15) is 69.4 Å². The Morgan fingerprint density at radius 2 is 1.70 bits per heavy atom. The van der Waals surface area contributed by atoms with Crippen molar-refractivity contribution in [2.45, 2.75) is 75.8 Å². The summed E-state index contributed by atoms with van der Waals surface area (Å²) in [7, 11) is 0. The summed E-state index contributed by atoms with van der Waals surface area (Å²) in [6.07, 6.45) is 13.7. The lowest BCUT2D eigenvalue weighted by atomic mass is 9.78. The minimum Gasteiger partial charge on any atom is -0.370 e. The first kappa shape index (κ1) is 22.7. The third-order valence-electron chi connectivity index (χ3n) is 6.59. The number of nitrogens with one attached hydrogen (secondary N) is 1. The molecule has 0 amide bonds. The van der Waals surface area contributed by atoms with Crippen LogP contribution in [0.3, 0.4) is 0 Å². The fourth-order valence-electron chi connectivity index (χ4n) is 4.81. The molecule has 27 heavy (non-hydrogen) atoms. The molecule has 0 unspecified atom stereocenters. The van der Waals surface area contributed by atoms with E-state index in [1.165, 1.54) is 58.0 Å². The Bertz CT molecular complexity index is 553. The Hall–Kier alpha value is -0.620. The molecule has 2 aliphatic carbocycles. The molecule has 1 aromatic rings. The monoisotopic (exact) mass is 415 g/mol. The first-order chi connectivity index (χ1) is 12.3. The van der Waals surface area contributed by atoms with Gasteiger partial charge in [0.05, 0.1) is 0 Å². The van der Waals surface area contributed by atoms with Crippen molar-refractivity contribution in [3.8, 4) is 0 Å². The molecule has 3 fully saturated rings. The number of anilines is 1. The molecule has 7 heteroatoms. The van der Waals surface area contributed by atoms with E-state index in [2.05, 4.69) is 26.3 Å². The maximum Gasteiger partial charge on any atom is 0.129 e. The van der Waals surface area contributed by atoms with Gasteiger partial charge in [-0.05, 0) is 57.5 Å². The van der Waals surface area contributed by atoms with E-state index in [0.29, 0.717) is 12.0 Å². The van der Waals surface area contributed by atoms with E-state index in [1.54, 1.807) is 6.33 Å². The summed E-state index contributed by atoms with van der Waals surface area (Å²) >= 11 is 0. The van der Waals surface area contributed by atoms with E-state index in [-0.39, 0.29) is 24.8 Å². The van der Waals surface area contributed by atoms with Crippen molar-refractivity contribution in [3.05, 3.63) is 18.1 Å². The zero-order valence-corrected chi connectivity index (χ0v) is 17.8. The number of rotatable bonds is 5. The molecule has 5 nitrogen and oxygen atoms in total. The summed E-state index contributed by atoms with van der Waals surface area (Å²) < 4.78 is 0. The highest BCUT2D eigenvalue weighted by atomic mass is 35.5. The lowest BCUT2D eigenvalue weighted by Gasteiger charge is -2.39. The van der Waals surface area contributed by atoms with E-state index in [0.717, 1.165) is 42.9 Å². The maximum absolute atomic E-state index is 5.90. The van der Waals surface area contributed by atoms with Crippen molar-refractivity contribution in [2.75, 3.05) is 25.0 Å². The second kappa shape index (κ2) is 10.8. The predicted molar refractivity (Wildman–Crippen MR) is 116 cm³/mol. The zero-order valence-electron chi connectivity index (χ0n) is 16.2. The minimum atomic E-state index is 0. The SMILES string of the molecule is Cl.Cl.NC1CC(c2cc(NCC3CCN(C4CCCCC4)CC3)ncn2)C1. The maximum atomic E-state index is 5.90. The van der Waals surface area contributed by atoms with Crippen LogP contribution in [0.15, 0.2) is 12.4 Å². The first-order valence-electron chi connectivity index (χ1n) is 10.3. The van der Waals surface area contributed by atoms with Crippen LogP contribution in [0.4, 0.5) is 5.82 Å². The number of nitrogens with zero attached hydrogens (tertiary/aromatic N) is 3. The number of halogens is 2. The number of likely N-dealkylation sites (tertiary alicyclic amines) is 1. The summed E-state index contributed by atoms with van der Waals surface area (Å²) in [4.78, 5) is 11.6. The van der Waals surface area contributed by atoms with Crippen molar-refractivity contribution >= 4 is 30.6 Å². The fraction of sp³-hybridized carbons (Fsp3) is 0.800. The second-order valence-electron chi connectivity index (χ2n) is 8.41. The van der Waals surface area contributed by atoms with Crippen molar-refractivity contribution in [2.24, 2.45) is 11.7 Å². The molecule has 4 rings (SSSR count). The third kappa shape index (κ3) is 5.93. The van der Waals surface area contributed by atoms with Gasteiger partial charge in [0.15, 0.2) is 0 Å². The van der Waals surface area contributed by atoms with Crippen molar-refractivity contribution in [1.29, 1.82) is 0 Å². The van der Waals surface area contributed by atoms with Gasteiger partial charge in [0.25, 0.3) is 0 Å². The number of nitrogens with two attached hydrogens (primary N) is 1. The molecule has 0 atom stereocenters. The van der Waals surface area contributed by atoms with Gasteiger partial charge in [-0.1, -0.05) is 19.3 Å². The first-order valence-corrected chi connectivity index (χ1v) is 10.3. The van der Waals surface area contributed by atoms with E-state index >= 15 is 0 Å². The molecular weight excluding hydrogens is 381 g/mol. The highest BCUT2D eigenvalue weighted by Crippen LogP contribution is 2.35. The van der Waals surface area contributed by atoms with E-state index in [1.807, 2.05) is 0 Å². The Labute approximate surface area is 176 Å². The number of aromatic nitrogens is 2. The molecule has 3 N–H and O–H groups in total. The van der Waals surface area contributed by atoms with Crippen LogP contribution in [-0.4, -0.2) is 46.6 Å². The molecule has 0 bridgehead atoms. The summed E-state index contributed by atoms with van der Waals surface area (Å²) in [6.45, 7) is 3.61. The molecule has 2 heterocycles. The van der Waals surface area contributed by atoms with E-state index < -0.39 is 0 Å². The van der Waals surface area contributed by atoms with Crippen LogP contribution in [0.25, 0.3) is 0 Å². The van der Waals surface area contributed by atoms with Gasteiger partial charge in [0.2, 0.25) is 0 Å². The molecule has 0 spiro atoms. The molecule has 1 aromatic heterocycles. The van der Waals surface area contributed by atoms with Crippen LogP contribution in [-0.2, 0) is 0 Å². The average Bonchev–Trinajstić information content (AvgIpc) is 2.65. The number of piperidine rings is 1. The summed E-state index contributed by atoms with van der Waals surface area (Å²) in [5.41, 5.74) is 7.06. The van der Waals surface area contributed by atoms with Crippen LogP contribution in [0.2, 0.25) is 0 Å². The second-order valence-corrected chi connectivity index (χ2v) is 8.41. The lowest BCUT2D eigenvalue weighted by Crippen LogP contribution is -2.43. The summed E-state index contributed by atoms with van der Waals surface area (Å²) in [5.74, 6) is 2.30. The third-order valence-corrected chi connectivity index (χ3v) is 6.59. The van der Waals surface area contributed by atoms with Crippen LogP contribution >= 0.6 is 24.8 Å². The number of hydrogen-bond donors (Lipinski definition) is 2. The summed E-state index contributed by atoms with van der Waals surface area (Å²) in [5, 5.41) is 3.56. The largest absolute Gasteiger partial charge is 0.370 e. The normalized spacial score (nSPS) is 27.1. The van der Waals surface area contributed by atoms with Gasteiger partial charge < -0.3 is 16.0 Å². The molecule has 1 aliphatic heterocycles. The van der Waals surface area contributed by atoms with Gasteiger partial charge in [-0.3, -0.25) is 0 Å². The van der Waals surface area contributed by atoms with Crippen molar-refractivity contribution in [3.63, 3.8) is 0 Å². The average molecular weight is 416 g/mol. The fourth-order valence-corrected chi connectivity index (χ4v) is 4.81. The molecule has 0 radical (unpaired) electrons. The Balaban J connectivity index is 0.00000131. The highest BCUT2D eigenvalue weighted by molar-refractivity contribution is 5.85. The van der Waals surface area contributed by atoms with Gasteiger partial charge in [-0.2, -0.15) is 0 Å². The summed E-state index contributed by atoms with van der Waals surface area (Å²) in [6, 6.07) is 3.37. The van der Waals surface area contributed by atoms with Crippen molar-refractivity contribution < 1.29 is 0 Å². The molecule has 154 valence electrons. The topological polar surface area (TPSA) is 67.1 Å². The Morgan fingerprint density at radius 3 is 2.37 bits per heavy atom. The Kier molecular flexibility index (Phi) is 9.06. The molecule has 0 aromatic carbocycles. The quantitative estimate of drug-likeness (QED) is 0.760. The van der Waals surface area contributed by atoms with Gasteiger partial charge in [-0.15, -0.1) is 24.8 Å². The number of hydrogen-bond acceptors (Lipinski definition) is 5. The van der Waals surface area contributed by atoms with Gasteiger partial charge >= 0.3 is 0 Å². The highest BCUT2D eigenvalue weighted by Gasteiger charge is 2.29. The van der Waals surface area contributed by atoms with E-state index in [9.17, 15) is 0 Å². The van der Waals surface area contributed by atoms with Crippen LogP contribution in [0.5, 0.6) is 0 Å². The predicted octanol–water partition coefficient (Wildman–Crippen LogP) is 3.98. The minimum absolute atomic E-state index is 0. The van der Waals surface area contributed by atoms with Gasteiger partial charge in [-0.25, -0.2) is 9.97 Å². The molecule has 1 saturated heterocycles. The smallest absolute Gasteiger partial charge is 0.129 e.